The van der Waals surface area contributed by atoms with Crippen LogP contribution >= 0.6 is 0 Å². The molecule has 154 valence electrons. The molecule has 5 rings (SSSR count). The topological polar surface area (TPSA) is 132 Å². The molecule has 0 radical (unpaired) electrons. The number of nitrogens with two attached hydrogens (primary N) is 1. The van der Waals surface area contributed by atoms with Crippen LogP contribution in [0.25, 0.3) is 33.5 Å². The van der Waals surface area contributed by atoms with E-state index in [4.69, 9.17) is 10.8 Å². The molecule has 2 N–H and O–H groups in total. The molecule has 4 heterocycles. The quantitative estimate of drug-likeness (QED) is 0.470. The lowest BCUT2D eigenvalue weighted by Crippen LogP contribution is -2.05. The first kappa shape index (κ1) is 19.3. The molecule has 0 fully saturated rings. The van der Waals surface area contributed by atoms with Gasteiger partial charge in [-0.1, -0.05) is 18.2 Å². The lowest BCUT2D eigenvalue weighted by atomic mass is 10.00. The highest BCUT2D eigenvalue weighted by molar-refractivity contribution is 6.01. The van der Waals surface area contributed by atoms with Crippen LogP contribution in [0.4, 0.5) is 5.82 Å². The van der Waals surface area contributed by atoms with Crippen LogP contribution in [0.5, 0.6) is 0 Å². The fraction of sp³-hybridized carbons (Fsp3) is 0.0870. The second-order valence-corrected chi connectivity index (χ2v) is 7.21. The summed E-state index contributed by atoms with van der Waals surface area (Å²) in [6, 6.07) is 16.9. The summed E-state index contributed by atoms with van der Waals surface area (Å²) in [6.07, 6.45) is 3.12. The second-order valence-electron chi connectivity index (χ2n) is 7.21. The average molecular weight is 419 g/mol. The van der Waals surface area contributed by atoms with Crippen LogP contribution in [0, 0.1) is 18.3 Å². The monoisotopic (exact) mass is 419 g/mol. The summed E-state index contributed by atoms with van der Waals surface area (Å²) in [5, 5.41) is 18.6. The van der Waals surface area contributed by atoms with Gasteiger partial charge in [-0.05, 0) is 37.3 Å². The zero-order chi connectivity index (χ0) is 22.1. The third-order valence-electron chi connectivity index (χ3n) is 4.96. The summed E-state index contributed by atoms with van der Waals surface area (Å²) in [5.74, 6) is 0.249. The molecule has 0 aliphatic carbocycles. The molecular formula is C23H17N9. The van der Waals surface area contributed by atoms with Gasteiger partial charge < -0.3 is 5.73 Å². The standard InChI is InChI=1S/C23H17N9/c1-14-4-2-7-17(28-14)12-32-30-21-19(18-8-9-26-13-27-18)20(29-23(25)22(21)31-32)16-6-3-5-15(10-16)11-24/h2-10,13H,12H2,1H3,(H2,25,29). The molecule has 0 atom stereocenters. The normalized spacial score (nSPS) is 10.9. The van der Waals surface area contributed by atoms with Gasteiger partial charge in [0.05, 0.1) is 34.3 Å². The van der Waals surface area contributed by atoms with Crippen molar-refractivity contribution < 1.29 is 0 Å². The summed E-state index contributed by atoms with van der Waals surface area (Å²) in [6.45, 7) is 2.32. The van der Waals surface area contributed by atoms with Gasteiger partial charge in [-0.15, -0.1) is 5.10 Å². The predicted molar refractivity (Wildman–Crippen MR) is 119 cm³/mol. The molecule has 0 saturated heterocycles. The van der Waals surface area contributed by atoms with Crippen LogP contribution in [0.2, 0.25) is 0 Å². The fourth-order valence-corrected chi connectivity index (χ4v) is 3.56. The van der Waals surface area contributed by atoms with Crippen LogP contribution < -0.4 is 5.73 Å². The Hall–Kier alpha value is -4.71. The third kappa shape index (κ3) is 3.50. The van der Waals surface area contributed by atoms with E-state index in [2.05, 4.69) is 31.1 Å². The number of aryl methyl sites for hydroxylation is 1. The SMILES string of the molecule is Cc1cccc(Cn2nc3c(N)nc(-c4cccc(C#N)c4)c(-c4ccncn4)c3n2)n1. The summed E-state index contributed by atoms with van der Waals surface area (Å²) in [5.41, 5.74) is 12.2. The zero-order valence-electron chi connectivity index (χ0n) is 17.1. The number of nitrogen functional groups attached to an aromatic ring is 1. The maximum absolute atomic E-state index is 9.34. The largest absolute Gasteiger partial charge is 0.382 e. The molecule has 4 aromatic heterocycles. The first-order valence-electron chi connectivity index (χ1n) is 9.86. The van der Waals surface area contributed by atoms with Gasteiger partial charge in [-0.25, -0.2) is 15.0 Å². The maximum Gasteiger partial charge on any atom is 0.156 e. The maximum atomic E-state index is 9.34. The van der Waals surface area contributed by atoms with Crippen LogP contribution in [-0.2, 0) is 6.54 Å². The minimum absolute atomic E-state index is 0.249. The first-order valence-corrected chi connectivity index (χ1v) is 9.86. The van der Waals surface area contributed by atoms with E-state index in [-0.39, 0.29) is 5.82 Å². The van der Waals surface area contributed by atoms with E-state index in [1.807, 2.05) is 31.2 Å². The van der Waals surface area contributed by atoms with Gasteiger partial charge in [0.15, 0.2) is 11.3 Å². The van der Waals surface area contributed by atoms with E-state index in [0.29, 0.717) is 40.1 Å². The van der Waals surface area contributed by atoms with Gasteiger partial charge in [0.2, 0.25) is 0 Å². The van der Waals surface area contributed by atoms with E-state index in [9.17, 15) is 5.26 Å². The average Bonchev–Trinajstić information content (AvgIpc) is 3.23. The molecule has 32 heavy (non-hydrogen) atoms. The molecule has 0 aliphatic heterocycles. The Morgan fingerprint density at radius 2 is 1.88 bits per heavy atom. The highest BCUT2D eigenvalue weighted by atomic mass is 15.5. The number of benzene rings is 1. The van der Waals surface area contributed by atoms with Crippen molar-refractivity contribution in [1.29, 1.82) is 5.26 Å². The summed E-state index contributed by atoms with van der Waals surface area (Å²) in [7, 11) is 0. The molecule has 9 heteroatoms. The number of hydrogen-bond donors (Lipinski definition) is 1. The summed E-state index contributed by atoms with van der Waals surface area (Å²) >= 11 is 0. The summed E-state index contributed by atoms with van der Waals surface area (Å²) in [4.78, 5) is 19.2. The summed E-state index contributed by atoms with van der Waals surface area (Å²) < 4.78 is 0. The van der Waals surface area contributed by atoms with Gasteiger partial charge in [0.1, 0.15) is 18.4 Å². The Balaban J connectivity index is 1.74. The van der Waals surface area contributed by atoms with Gasteiger partial charge >= 0.3 is 0 Å². The number of aromatic nitrogens is 7. The highest BCUT2D eigenvalue weighted by Crippen LogP contribution is 2.36. The first-order chi connectivity index (χ1) is 15.6. The Morgan fingerprint density at radius 3 is 2.66 bits per heavy atom. The number of hydrogen-bond acceptors (Lipinski definition) is 8. The molecule has 1 aromatic carbocycles. The molecule has 0 unspecified atom stereocenters. The van der Waals surface area contributed by atoms with Gasteiger partial charge in [-0.3, -0.25) is 4.98 Å². The molecule has 0 amide bonds. The van der Waals surface area contributed by atoms with E-state index < -0.39 is 0 Å². The number of rotatable bonds is 4. The van der Waals surface area contributed by atoms with E-state index >= 15 is 0 Å². The predicted octanol–water partition coefficient (Wildman–Crippen LogP) is 3.16. The van der Waals surface area contributed by atoms with E-state index in [0.717, 1.165) is 17.0 Å². The van der Waals surface area contributed by atoms with Crippen molar-refractivity contribution in [2.24, 2.45) is 0 Å². The third-order valence-corrected chi connectivity index (χ3v) is 4.96. The molecular weight excluding hydrogens is 402 g/mol. The lowest BCUT2D eigenvalue weighted by molar-refractivity contribution is 0.590. The number of fused-ring (bicyclic) bond motifs is 1. The van der Waals surface area contributed by atoms with Crippen LogP contribution in [-0.4, -0.2) is 34.9 Å². The van der Waals surface area contributed by atoms with Gasteiger partial charge in [0.25, 0.3) is 0 Å². The van der Waals surface area contributed by atoms with E-state index in [1.54, 1.807) is 35.3 Å². The minimum atomic E-state index is 0.249. The number of nitrogens with zero attached hydrogens (tertiary/aromatic N) is 8. The Labute approximate surface area is 183 Å². The van der Waals surface area contributed by atoms with Crippen molar-refractivity contribution in [2.45, 2.75) is 13.5 Å². The number of pyridine rings is 2. The molecule has 9 nitrogen and oxygen atoms in total. The Morgan fingerprint density at radius 1 is 1.03 bits per heavy atom. The molecule has 0 aliphatic rings. The van der Waals surface area contributed by atoms with Crippen molar-refractivity contribution in [3.05, 3.63) is 78.0 Å². The van der Waals surface area contributed by atoms with Crippen molar-refractivity contribution in [1.82, 2.24) is 34.9 Å². The Bertz CT molecular complexity index is 1480. The van der Waals surface area contributed by atoms with Crippen LogP contribution in [0.1, 0.15) is 17.0 Å². The molecule has 5 aromatic rings. The fourth-order valence-electron chi connectivity index (χ4n) is 3.56. The molecule has 0 bridgehead atoms. The second kappa shape index (κ2) is 7.85. The molecule has 0 saturated carbocycles. The zero-order valence-corrected chi connectivity index (χ0v) is 17.1. The highest BCUT2D eigenvalue weighted by Gasteiger charge is 2.21. The Kier molecular flexibility index (Phi) is 4.72. The lowest BCUT2D eigenvalue weighted by Gasteiger charge is -2.10. The van der Waals surface area contributed by atoms with Crippen LogP contribution in [0.15, 0.2) is 61.1 Å². The van der Waals surface area contributed by atoms with Gasteiger partial charge in [-0.2, -0.15) is 15.2 Å². The van der Waals surface area contributed by atoms with Crippen LogP contribution in [0.3, 0.4) is 0 Å². The number of nitriles is 1. The van der Waals surface area contributed by atoms with Crippen molar-refractivity contribution >= 4 is 16.9 Å². The van der Waals surface area contributed by atoms with E-state index in [1.165, 1.54) is 6.33 Å². The molecule has 0 spiro atoms. The number of anilines is 1. The van der Waals surface area contributed by atoms with Crippen molar-refractivity contribution in [3.8, 4) is 28.6 Å². The smallest absolute Gasteiger partial charge is 0.156 e. The van der Waals surface area contributed by atoms with Gasteiger partial charge in [0, 0.05) is 17.5 Å². The van der Waals surface area contributed by atoms with Crippen molar-refractivity contribution in [3.63, 3.8) is 0 Å². The van der Waals surface area contributed by atoms with Crippen molar-refractivity contribution in [2.75, 3.05) is 5.73 Å². The minimum Gasteiger partial charge on any atom is -0.382 e.